The third-order valence-electron chi connectivity index (χ3n) is 7.95. The van der Waals surface area contributed by atoms with Gasteiger partial charge in [-0.25, -0.2) is 0 Å². The van der Waals surface area contributed by atoms with E-state index in [9.17, 15) is 0 Å². The van der Waals surface area contributed by atoms with Gasteiger partial charge in [-0.15, -0.1) is 0 Å². The van der Waals surface area contributed by atoms with Crippen LogP contribution < -0.4 is 9.47 Å². The lowest BCUT2D eigenvalue weighted by Crippen LogP contribution is -2.09. The van der Waals surface area contributed by atoms with Crippen LogP contribution in [0.2, 0.25) is 0 Å². The molecule has 0 saturated carbocycles. The Morgan fingerprint density at radius 3 is 1.15 bits per heavy atom. The lowest BCUT2D eigenvalue weighted by molar-refractivity contribution is 0.287. The highest BCUT2D eigenvalue weighted by atomic mass is 16.6. The van der Waals surface area contributed by atoms with Crippen molar-refractivity contribution in [2.75, 3.05) is 26.4 Å². The molecule has 4 rings (SSSR count). The molecule has 4 nitrogen and oxygen atoms in total. The van der Waals surface area contributed by atoms with Crippen LogP contribution in [0.25, 0.3) is 0 Å². The SMILES string of the molecule is CC(C)c1cc(Cc2cc(C(C)C)c(OCCCC3CO3)c(C(C)C)c2)cc(C(C)C)c1OCCCC1CO1. The first-order valence-electron chi connectivity index (χ1n) is 15.5. The molecule has 0 aromatic heterocycles. The smallest absolute Gasteiger partial charge is 0.126 e. The summed E-state index contributed by atoms with van der Waals surface area (Å²) in [6, 6.07) is 9.57. The van der Waals surface area contributed by atoms with Gasteiger partial charge in [0, 0.05) is 0 Å². The first-order chi connectivity index (χ1) is 18.6. The maximum atomic E-state index is 6.48. The predicted molar refractivity (Wildman–Crippen MR) is 161 cm³/mol. The average Bonchev–Trinajstić information content (AvgIpc) is 3.80. The van der Waals surface area contributed by atoms with E-state index >= 15 is 0 Å². The van der Waals surface area contributed by atoms with E-state index in [0.29, 0.717) is 35.9 Å². The van der Waals surface area contributed by atoms with E-state index in [4.69, 9.17) is 18.9 Å². The molecule has 0 amide bonds. The van der Waals surface area contributed by atoms with Crippen LogP contribution in [-0.4, -0.2) is 38.6 Å². The molecule has 0 N–H and O–H groups in total. The van der Waals surface area contributed by atoms with Crippen molar-refractivity contribution in [2.45, 2.75) is 123 Å². The summed E-state index contributed by atoms with van der Waals surface area (Å²) in [4.78, 5) is 0. The second kappa shape index (κ2) is 13.5. The van der Waals surface area contributed by atoms with Gasteiger partial charge < -0.3 is 18.9 Å². The normalized spacial score (nSPS) is 18.5. The Morgan fingerprint density at radius 2 is 0.897 bits per heavy atom. The molecule has 2 fully saturated rings. The second-order valence-electron chi connectivity index (χ2n) is 12.9. The lowest BCUT2D eigenvalue weighted by atomic mass is 9.87. The minimum atomic E-state index is 0.401. The standard InChI is InChI=1S/C35H52O4/c1-22(2)30-16-26(17-31(23(3)4)34(30)36-13-9-11-28-20-38-28)15-27-18-32(24(5)6)35(33(19-27)25(7)8)37-14-10-12-29-21-39-29/h16-19,22-25,28-29H,9-15,20-21H2,1-8H3. The van der Waals surface area contributed by atoms with Crippen molar-refractivity contribution < 1.29 is 18.9 Å². The van der Waals surface area contributed by atoms with Gasteiger partial charge in [-0.2, -0.15) is 0 Å². The molecular weight excluding hydrogens is 484 g/mol. The summed E-state index contributed by atoms with van der Waals surface area (Å²) < 4.78 is 23.7. The van der Waals surface area contributed by atoms with Gasteiger partial charge in [0.15, 0.2) is 0 Å². The van der Waals surface area contributed by atoms with Crippen molar-refractivity contribution in [1.82, 2.24) is 0 Å². The van der Waals surface area contributed by atoms with Crippen LogP contribution in [0.3, 0.4) is 0 Å². The molecule has 216 valence electrons. The largest absolute Gasteiger partial charge is 0.493 e. The molecule has 39 heavy (non-hydrogen) atoms. The summed E-state index contributed by atoms with van der Waals surface area (Å²) in [6.45, 7) is 21.6. The zero-order chi connectivity index (χ0) is 28.1. The first kappa shape index (κ1) is 29.9. The van der Waals surface area contributed by atoms with E-state index in [-0.39, 0.29) is 0 Å². The fourth-order valence-corrected chi connectivity index (χ4v) is 5.41. The van der Waals surface area contributed by atoms with Crippen LogP contribution in [0.1, 0.15) is 138 Å². The monoisotopic (exact) mass is 536 g/mol. The molecule has 2 aromatic carbocycles. The van der Waals surface area contributed by atoms with Gasteiger partial charge in [-0.05, 0) is 89.2 Å². The van der Waals surface area contributed by atoms with Crippen molar-refractivity contribution >= 4 is 0 Å². The first-order valence-corrected chi connectivity index (χ1v) is 15.5. The van der Waals surface area contributed by atoms with Gasteiger partial charge in [0.25, 0.3) is 0 Å². The van der Waals surface area contributed by atoms with Crippen molar-refractivity contribution in [1.29, 1.82) is 0 Å². The van der Waals surface area contributed by atoms with Crippen molar-refractivity contribution in [3.8, 4) is 11.5 Å². The zero-order valence-corrected chi connectivity index (χ0v) is 25.8. The molecule has 4 heteroatoms. The zero-order valence-electron chi connectivity index (χ0n) is 25.8. The topological polar surface area (TPSA) is 43.5 Å². The molecule has 2 heterocycles. The summed E-state index contributed by atoms with van der Waals surface area (Å²) in [5.74, 6) is 3.81. The molecule has 2 unspecified atom stereocenters. The highest BCUT2D eigenvalue weighted by Crippen LogP contribution is 2.39. The summed E-state index contributed by atoms with van der Waals surface area (Å²) >= 11 is 0. The molecule has 0 radical (unpaired) electrons. The quantitative estimate of drug-likeness (QED) is 0.159. The predicted octanol–water partition coefficient (Wildman–Crippen LogP) is 8.89. The Kier molecular flexibility index (Phi) is 10.4. The van der Waals surface area contributed by atoms with Gasteiger partial charge in [0.05, 0.1) is 38.6 Å². The van der Waals surface area contributed by atoms with Crippen LogP contribution in [0, 0.1) is 0 Å². The fraction of sp³-hybridized carbons (Fsp3) is 0.657. The molecule has 0 bridgehead atoms. The number of ether oxygens (including phenoxy) is 4. The van der Waals surface area contributed by atoms with Gasteiger partial charge in [-0.1, -0.05) is 79.7 Å². The summed E-state index contributed by atoms with van der Waals surface area (Å²) in [5.41, 5.74) is 8.03. The maximum absolute atomic E-state index is 6.48. The lowest BCUT2D eigenvalue weighted by Gasteiger charge is -2.24. The van der Waals surface area contributed by atoms with E-state index in [1.54, 1.807) is 0 Å². The Morgan fingerprint density at radius 1 is 0.590 bits per heavy atom. The van der Waals surface area contributed by atoms with Crippen molar-refractivity contribution in [3.63, 3.8) is 0 Å². The number of hydrogen-bond acceptors (Lipinski definition) is 4. The van der Waals surface area contributed by atoms with Crippen LogP contribution in [0.5, 0.6) is 11.5 Å². The van der Waals surface area contributed by atoms with Gasteiger partial charge in [0.2, 0.25) is 0 Å². The van der Waals surface area contributed by atoms with Crippen LogP contribution in [0.15, 0.2) is 24.3 Å². The van der Waals surface area contributed by atoms with Gasteiger partial charge in [0.1, 0.15) is 11.5 Å². The number of benzene rings is 2. The highest BCUT2D eigenvalue weighted by molar-refractivity contribution is 5.52. The maximum Gasteiger partial charge on any atom is 0.126 e. The molecule has 2 aliphatic heterocycles. The molecule has 2 saturated heterocycles. The molecule has 2 aliphatic rings. The van der Waals surface area contributed by atoms with Crippen LogP contribution in [0.4, 0.5) is 0 Å². The third kappa shape index (κ3) is 8.47. The van der Waals surface area contributed by atoms with Gasteiger partial charge >= 0.3 is 0 Å². The number of epoxide rings is 2. The van der Waals surface area contributed by atoms with Gasteiger partial charge in [-0.3, -0.25) is 0 Å². The minimum absolute atomic E-state index is 0.401. The molecule has 2 aromatic rings. The Bertz CT molecular complexity index is 933. The average molecular weight is 537 g/mol. The summed E-state index contributed by atoms with van der Waals surface area (Å²) in [5, 5.41) is 0. The molecular formula is C35H52O4. The Balaban J connectivity index is 1.59. The van der Waals surface area contributed by atoms with Crippen molar-refractivity contribution in [3.05, 3.63) is 57.6 Å². The molecule has 2 atom stereocenters. The molecule has 0 aliphatic carbocycles. The van der Waals surface area contributed by atoms with Crippen molar-refractivity contribution in [2.24, 2.45) is 0 Å². The highest BCUT2D eigenvalue weighted by Gasteiger charge is 2.24. The Labute approximate surface area is 237 Å². The minimum Gasteiger partial charge on any atom is -0.493 e. The Hall–Kier alpha value is -2.04. The number of hydrogen-bond donors (Lipinski definition) is 0. The van der Waals surface area contributed by atoms with Crippen LogP contribution >= 0.6 is 0 Å². The number of rotatable bonds is 16. The van der Waals surface area contributed by atoms with E-state index in [0.717, 1.165) is 70.0 Å². The van der Waals surface area contributed by atoms with E-state index in [1.807, 2.05) is 0 Å². The van der Waals surface area contributed by atoms with E-state index in [2.05, 4.69) is 79.7 Å². The van der Waals surface area contributed by atoms with E-state index < -0.39 is 0 Å². The summed E-state index contributed by atoms with van der Waals surface area (Å²) in [7, 11) is 0. The molecule has 0 spiro atoms. The van der Waals surface area contributed by atoms with Crippen LogP contribution in [-0.2, 0) is 15.9 Å². The fourth-order valence-electron chi connectivity index (χ4n) is 5.41. The summed E-state index contributed by atoms with van der Waals surface area (Å²) in [6.07, 6.45) is 6.11. The van der Waals surface area contributed by atoms with E-state index in [1.165, 1.54) is 33.4 Å². The third-order valence-corrected chi connectivity index (χ3v) is 7.95. The second-order valence-corrected chi connectivity index (χ2v) is 12.9.